The summed E-state index contributed by atoms with van der Waals surface area (Å²) in [5.41, 5.74) is 1.41. The molecule has 4 heteroatoms. The summed E-state index contributed by atoms with van der Waals surface area (Å²) in [4.78, 5) is 4.03. The maximum absolute atomic E-state index is 5.45. The number of hydrogen-bond donors (Lipinski definition) is 1. The average Bonchev–Trinajstić information content (AvgIpc) is 2.81. The van der Waals surface area contributed by atoms with E-state index in [1.165, 1.54) is 10.4 Å². The van der Waals surface area contributed by atoms with Gasteiger partial charge in [0, 0.05) is 37.1 Å². The van der Waals surface area contributed by atoms with E-state index in [4.69, 9.17) is 4.74 Å². The van der Waals surface area contributed by atoms with Crippen LogP contribution in [0.3, 0.4) is 0 Å². The van der Waals surface area contributed by atoms with E-state index in [9.17, 15) is 0 Å². The van der Waals surface area contributed by atoms with E-state index in [0.29, 0.717) is 12.0 Å². The molecule has 1 aromatic rings. The number of morpholine rings is 1. The molecule has 1 aromatic heterocycles. The summed E-state index contributed by atoms with van der Waals surface area (Å²) in [5, 5.41) is 5.81. The van der Waals surface area contributed by atoms with Crippen molar-refractivity contribution >= 4 is 11.3 Å². The van der Waals surface area contributed by atoms with Crippen LogP contribution in [0.1, 0.15) is 24.3 Å². The Morgan fingerprint density at radius 3 is 2.68 bits per heavy atom. The molecule has 1 unspecified atom stereocenters. The molecule has 108 valence electrons. The second-order valence-corrected chi connectivity index (χ2v) is 6.62. The minimum Gasteiger partial charge on any atom is -0.379 e. The summed E-state index contributed by atoms with van der Waals surface area (Å²) in [5.74, 6) is 0.676. The van der Waals surface area contributed by atoms with E-state index in [0.717, 1.165) is 39.4 Å². The first-order valence-electron chi connectivity index (χ1n) is 7.24. The number of rotatable bonds is 6. The number of thiophene rings is 1. The van der Waals surface area contributed by atoms with Crippen LogP contribution in [0.2, 0.25) is 0 Å². The molecule has 19 heavy (non-hydrogen) atoms. The lowest BCUT2D eigenvalue weighted by molar-refractivity contribution is 0.00649. The van der Waals surface area contributed by atoms with E-state index in [1.807, 2.05) is 11.3 Å². The van der Waals surface area contributed by atoms with Crippen LogP contribution in [0, 0.1) is 12.8 Å². The predicted octanol–water partition coefficient (Wildman–Crippen LogP) is 2.50. The molecular weight excluding hydrogens is 256 g/mol. The van der Waals surface area contributed by atoms with Gasteiger partial charge in [0.25, 0.3) is 0 Å². The SMILES string of the molecule is Cc1ccsc1CNCC(C(C)C)N1CCOCC1. The standard InChI is InChI=1S/C15H26N2OS/c1-12(2)14(17-5-7-18-8-6-17)10-16-11-15-13(3)4-9-19-15/h4,9,12,14,16H,5-8,10-11H2,1-3H3. The summed E-state index contributed by atoms with van der Waals surface area (Å²) < 4.78 is 5.45. The summed E-state index contributed by atoms with van der Waals surface area (Å²) >= 11 is 1.85. The fourth-order valence-corrected chi connectivity index (χ4v) is 3.49. The van der Waals surface area contributed by atoms with Gasteiger partial charge in [0.2, 0.25) is 0 Å². The fraction of sp³-hybridized carbons (Fsp3) is 0.733. The third-order valence-corrected chi connectivity index (χ3v) is 4.91. The molecule has 1 aliphatic heterocycles. The molecule has 1 aliphatic rings. The van der Waals surface area contributed by atoms with Crippen molar-refractivity contribution in [1.82, 2.24) is 10.2 Å². The molecule has 0 aromatic carbocycles. The number of nitrogens with one attached hydrogen (secondary N) is 1. The van der Waals surface area contributed by atoms with Gasteiger partial charge in [-0.3, -0.25) is 4.90 Å². The molecule has 1 atom stereocenters. The lowest BCUT2D eigenvalue weighted by Gasteiger charge is -2.37. The molecule has 0 spiro atoms. The summed E-state index contributed by atoms with van der Waals surface area (Å²) in [6, 6.07) is 2.81. The topological polar surface area (TPSA) is 24.5 Å². The Morgan fingerprint density at radius 2 is 2.11 bits per heavy atom. The number of aryl methyl sites for hydroxylation is 1. The van der Waals surface area contributed by atoms with Gasteiger partial charge in [0.05, 0.1) is 13.2 Å². The summed E-state index contributed by atoms with van der Waals surface area (Å²) in [6.07, 6.45) is 0. The van der Waals surface area contributed by atoms with Gasteiger partial charge in [0.15, 0.2) is 0 Å². The molecule has 2 heterocycles. The van der Waals surface area contributed by atoms with Crippen LogP contribution in [0.15, 0.2) is 11.4 Å². The first-order chi connectivity index (χ1) is 9.18. The van der Waals surface area contributed by atoms with Crippen molar-refractivity contribution in [2.24, 2.45) is 5.92 Å². The van der Waals surface area contributed by atoms with Crippen LogP contribution < -0.4 is 5.32 Å². The smallest absolute Gasteiger partial charge is 0.0594 e. The molecule has 1 N–H and O–H groups in total. The zero-order valence-corrected chi connectivity index (χ0v) is 13.1. The number of hydrogen-bond acceptors (Lipinski definition) is 4. The summed E-state index contributed by atoms with van der Waals surface area (Å²) in [6.45, 7) is 12.8. The zero-order chi connectivity index (χ0) is 13.7. The maximum Gasteiger partial charge on any atom is 0.0594 e. The lowest BCUT2D eigenvalue weighted by Crippen LogP contribution is -2.50. The molecule has 0 amide bonds. The van der Waals surface area contributed by atoms with Crippen LogP contribution in [0.25, 0.3) is 0 Å². The molecule has 0 aliphatic carbocycles. The Balaban J connectivity index is 1.81. The van der Waals surface area contributed by atoms with Crippen molar-refractivity contribution in [3.8, 4) is 0 Å². The molecule has 2 rings (SSSR count). The van der Waals surface area contributed by atoms with E-state index >= 15 is 0 Å². The van der Waals surface area contributed by atoms with Gasteiger partial charge in [-0.05, 0) is 29.9 Å². The second-order valence-electron chi connectivity index (χ2n) is 5.62. The molecule has 1 fully saturated rings. The van der Waals surface area contributed by atoms with Crippen LogP contribution >= 0.6 is 11.3 Å². The van der Waals surface area contributed by atoms with Crippen molar-refractivity contribution in [3.05, 3.63) is 21.9 Å². The van der Waals surface area contributed by atoms with Crippen LogP contribution in [0.4, 0.5) is 0 Å². The van der Waals surface area contributed by atoms with E-state index in [-0.39, 0.29) is 0 Å². The molecular formula is C15H26N2OS. The molecule has 0 radical (unpaired) electrons. The van der Waals surface area contributed by atoms with Crippen molar-refractivity contribution in [2.45, 2.75) is 33.4 Å². The van der Waals surface area contributed by atoms with Gasteiger partial charge >= 0.3 is 0 Å². The Kier molecular flexibility index (Phi) is 5.82. The zero-order valence-electron chi connectivity index (χ0n) is 12.3. The van der Waals surface area contributed by atoms with Crippen molar-refractivity contribution < 1.29 is 4.74 Å². The van der Waals surface area contributed by atoms with Crippen molar-refractivity contribution in [3.63, 3.8) is 0 Å². The third kappa shape index (κ3) is 4.28. The van der Waals surface area contributed by atoms with E-state index in [1.54, 1.807) is 0 Å². The third-order valence-electron chi connectivity index (χ3n) is 3.89. The molecule has 0 bridgehead atoms. The minimum atomic E-state index is 0.615. The first kappa shape index (κ1) is 15.0. The Labute approximate surface area is 121 Å². The quantitative estimate of drug-likeness (QED) is 0.867. The monoisotopic (exact) mass is 282 g/mol. The highest BCUT2D eigenvalue weighted by molar-refractivity contribution is 7.10. The number of nitrogens with zero attached hydrogens (tertiary/aromatic N) is 1. The highest BCUT2D eigenvalue weighted by atomic mass is 32.1. The van der Waals surface area contributed by atoms with E-state index in [2.05, 4.69) is 42.4 Å². The maximum atomic E-state index is 5.45. The van der Waals surface area contributed by atoms with Gasteiger partial charge < -0.3 is 10.1 Å². The minimum absolute atomic E-state index is 0.615. The lowest BCUT2D eigenvalue weighted by atomic mass is 10.0. The number of ether oxygens (including phenoxy) is 1. The first-order valence-corrected chi connectivity index (χ1v) is 8.12. The van der Waals surface area contributed by atoms with Gasteiger partial charge in [-0.15, -0.1) is 11.3 Å². The Bertz CT molecular complexity index is 372. The van der Waals surface area contributed by atoms with Crippen LogP contribution in [-0.2, 0) is 11.3 Å². The van der Waals surface area contributed by atoms with E-state index < -0.39 is 0 Å². The Morgan fingerprint density at radius 1 is 1.37 bits per heavy atom. The van der Waals surface area contributed by atoms with Crippen molar-refractivity contribution in [2.75, 3.05) is 32.8 Å². The molecule has 1 saturated heterocycles. The second kappa shape index (κ2) is 7.39. The molecule has 0 saturated carbocycles. The largest absolute Gasteiger partial charge is 0.379 e. The highest BCUT2D eigenvalue weighted by Gasteiger charge is 2.23. The predicted molar refractivity (Wildman–Crippen MR) is 81.8 cm³/mol. The molecule has 3 nitrogen and oxygen atoms in total. The van der Waals surface area contributed by atoms with Crippen LogP contribution in [0.5, 0.6) is 0 Å². The normalized spacial score (nSPS) is 18.9. The van der Waals surface area contributed by atoms with Gasteiger partial charge in [-0.25, -0.2) is 0 Å². The van der Waals surface area contributed by atoms with Crippen molar-refractivity contribution in [1.29, 1.82) is 0 Å². The van der Waals surface area contributed by atoms with Crippen LogP contribution in [-0.4, -0.2) is 43.8 Å². The van der Waals surface area contributed by atoms with Gasteiger partial charge in [-0.1, -0.05) is 13.8 Å². The van der Waals surface area contributed by atoms with Gasteiger partial charge in [-0.2, -0.15) is 0 Å². The summed E-state index contributed by atoms with van der Waals surface area (Å²) in [7, 11) is 0. The average molecular weight is 282 g/mol. The fourth-order valence-electron chi connectivity index (χ4n) is 2.61. The highest BCUT2D eigenvalue weighted by Crippen LogP contribution is 2.16. The Hall–Kier alpha value is -0.420. The van der Waals surface area contributed by atoms with Gasteiger partial charge in [0.1, 0.15) is 0 Å².